The Kier molecular flexibility index (Phi) is 4.50. The summed E-state index contributed by atoms with van der Waals surface area (Å²) in [7, 11) is 4.12. The number of rotatable bonds is 5. The first-order valence-corrected chi connectivity index (χ1v) is 5.30. The third kappa shape index (κ3) is 3.84. The molecular weight excluding hydrogens is 186 g/mol. The molecule has 1 unspecified atom stereocenters. The zero-order valence-electron chi connectivity index (χ0n) is 9.73. The molecule has 1 aromatic carbocycles. The van der Waals surface area contributed by atoms with Crippen molar-refractivity contribution in [3.8, 4) is 0 Å². The summed E-state index contributed by atoms with van der Waals surface area (Å²) in [6.45, 7) is 3.04. The van der Waals surface area contributed by atoms with E-state index in [2.05, 4.69) is 50.2 Å². The van der Waals surface area contributed by atoms with Crippen molar-refractivity contribution in [2.75, 3.05) is 14.1 Å². The van der Waals surface area contributed by atoms with Crippen LogP contribution < -0.4 is 0 Å². The molecule has 0 aliphatic rings. The van der Waals surface area contributed by atoms with Crippen molar-refractivity contribution in [1.82, 2.24) is 4.90 Å². The van der Waals surface area contributed by atoms with Gasteiger partial charge in [0.2, 0.25) is 0 Å². The van der Waals surface area contributed by atoms with Crippen molar-refractivity contribution < 1.29 is 4.79 Å². The minimum Gasteiger partial charge on any atom is -0.305 e. The van der Waals surface area contributed by atoms with Gasteiger partial charge in [-0.25, -0.2) is 0 Å². The molecule has 0 heterocycles. The zero-order chi connectivity index (χ0) is 11.3. The molecule has 0 saturated carbocycles. The van der Waals surface area contributed by atoms with Crippen molar-refractivity contribution in [2.24, 2.45) is 0 Å². The van der Waals surface area contributed by atoms with Crippen LogP contribution in [-0.4, -0.2) is 25.3 Å². The van der Waals surface area contributed by atoms with Gasteiger partial charge in [-0.3, -0.25) is 0 Å². The summed E-state index contributed by atoms with van der Waals surface area (Å²) in [5.41, 5.74) is 2.55. The summed E-state index contributed by atoms with van der Waals surface area (Å²) in [5, 5.41) is 0. The Morgan fingerprint density at radius 3 is 2.33 bits per heavy atom. The van der Waals surface area contributed by atoms with Gasteiger partial charge < -0.3 is 9.69 Å². The molecule has 0 saturated heterocycles. The van der Waals surface area contributed by atoms with Crippen LogP contribution in [-0.2, 0) is 11.3 Å². The van der Waals surface area contributed by atoms with Gasteiger partial charge in [0, 0.05) is 13.0 Å². The first-order chi connectivity index (χ1) is 7.13. The second kappa shape index (κ2) is 5.66. The monoisotopic (exact) mass is 205 g/mol. The largest absolute Gasteiger partial charge is 0.305 e. The lowest BCUT2D eigenvalue weighted by molar-refractivity contribution is -0.108. The molecule has 2 heteroatoms. The van der Waals surface area contributed by atoms with Gasteiger partial charge in [0.25, 0.3) is 0 Å². The predicted molar refractivity (Wildman–Crippen MR) is 62.9 cm³/mol. The normalized spacial score (nSPS) is 12.8. The van der Waals surface area contributed by atoms with Crippen LogP contribution >= 0.6 is 0 Å². The number of nitrogens with zero attached hydrogens (tertiary/aromatic N) is 1. The van der Waals surface area contributed by atoms with E-state index in [4.69, 9.17) is 0 Å². The molecule has 0 aromatic heterocycles. The summed E-state index contributed by atoms with van der Waals surface area (Å²) in [5.74, 6) is 0.330. The van der Waals surface area contributed by atoms with Crippen LogP contribution in [0.4, 0.5) is 0 Å². The number of aldehydes is 1. The van der Waals surface area contributed by atoms with Crippen LogP contribution in [0.1, 0.15) is 30.4 Å². The molecular formula is C13H19NO. The average Bonchev–Trinajstić information content (AvgIpc) is 2.18. The van der Waals surface area contributed by atoms with E-state index >= 15 is 0 Å². The van der Waals surface area contributed by atoms with Gasteiger partial charge in [-0.05, 0) is 31.1 Å². The SMILES string of the molecule is CC(CC=O)c1ccc(CN(C)C)cc1. The maximum atomic E-state index is 10.4. The molecule has 0 N–H and O–H groups in total. The standard InChI is InChI=1S/C13H19NO/c1-11(8-9-15)13-6-4-12(5-7-13)10-14(2)3/h4-7,9,11H,8,10H2,1-3H3. The molecule has 0 aliphatic heterocycles. The Labute approximate surface area is 91.9 Å². The van der Waals surface area contributed by atoms with E-state index in [0.717, 1.165) is 12.8 Å². The fourth-order valence-corrected chi connectivity index (χ4v) is 1.60. The van der Waals surface area contributed by atoms with Crippen molar-refractivity contribution in [3.63, 3.8) is 0 Å². The Morgan fingerprint density at radius 1 is 1.27 bits per heavy atom. The van der Waals surface area contributed by atoms with Crippen LogP contribution in [0.5, 0.6) is 0 Å². The van der Waals surface area contributed by atoms with E-state index in [1.165, 1.54) is 11.1 Å². The molecule has 1 rings (SSSR count). The van der Waals surface area contributed by atoms with E-state index in [1.807, 2.05) is 0 Å². The molecule has 0 aliphatic carbocycles. The molecule has 0 bridgehead atoms. The Morgan fingerprint density at radius 2 is 1.87 bits per heavy atom. The predicted octanol–water partition coefficient (Wildman–Crippen LogP) is 2.44. The van der Waals surface area contributed by atoms with E-state index in [0.29, 0.717) is 12.3 Å². The number of carbonyl (C=O) groups excluding carboxylic acids is 1. The number of hydrogen-bond donors (Lipinski definition) is 0. The van der Waals surface area contributed by atoms with Gasteiger partial charge in [-0.15, -0.1) is 0 Å². The average molecular weight is 205 g/mol. The number of hydrogen-bond acceptors (Lipinski definition) is 2. The highest BCUT2D eigenvalue weighted by Crippen LogP contribution is 2.18. The topological polar surface area (TPSA) is 20.3 Å². The molecule has 0 spiro atoms. The van der Waals surface area contributed by atoms with Crippen LogP contribution in [0.25, 0.3) is 0 Å². The highest BCUT2D eigenvalue weighted by molar-refractivity contribution is 5.51. The quantitative estimate of drug-likeness (QED) is 0.688. The van der Waals surface area contributed by atoms with Crippen molar-refractivity contribution in [2.45, 2.75) is 25.8 Å². The molecule has 1 atom stereocenters. The van der Waals surface area contributed by atoms with Crippen LogP contribution in [0.2, 0.25) is 0 Å². The highest BCUT2D eigenvalue weighted by Gasteiger charge is 2.04. The van der Waals surface area contributed by atoms with Gasteiger partial charge in [0.05, 0.1) is 0 Å². The van der Waals surface area contributed by atoms with Crippen LogP contribution in [0, 0.1) is 0 Å². The van der Waals surface area contributed by atoms with E-state index in [9.17, 15) is 4.79 Å². The number of benzene rings is 1. The maximum absolute atomic E-state index is 10.4. The fourth-order valence-electron chi connectivity index (χ4n) is 1.60. The van der Waals surface area contributed by atoms with Gasteiger partial charge in [-0.2, -0.15) is 0 Å². The van der Waals surface area contributed by atoms with Crippen molar-refractivity contribution in [3.05, 3.63) is 35.4 Å². The third-order valence-electron chi connectivity index (χ3n) is 2.50. The van der Waals surface area contributed by atoms with Gasteiger partial charge >= 0.3 is 0 Å². The highest BCUT2D eigenvalue weighted by atomic mass is 16.1. The van der Waals surface area contributed by atoms with E-state index < -0.39 is 0 Å². The zero-order valence-corrected chi connectivity index (χ0v) is 9.73. The Bertz CT molecular complexity index is 303. The molecule has 0 fully saturated rings. The van der Waals surface area contributed by atoms with Gasteiger partial charge in [0.15, 0.2) is 0 Å². The second-order valence-electron chi connectivity index (χ2n) is 4.28. The minimum absolute atomic E-state index is 0.330. The minimum atomic E-state index is 0.330. The summed E-state index contributed by atoms with van der Waals surface area (Å²) in [6.07, 6.45) is 1.59. The lowest BCUT2D eigenvalue weighted by Gasteiger charge is -2.12. The summed E-state index contributed by atoms with van der Waals surface area (Å²) in [6, 6.07) is 8.51. The van der Waals surface area contributed by atoms with Crippen molar-refractivity contribution >= 4 is 6.29 Å². The molecule has 15 heavy (non-hydrogen) atoms. The summed E-state index contributed by atoms with van der Waals surface area (Å²) >= 11 is 0. The van der Waals surface area contributed by atoms with Crippen LogP contribution in [0.15, 0.2) is 24.3 Å². The summed E-state index contributed by atoms with van der Waals surface area (Å²) < 4.78 is 0. The third-order valence-corrected chi connectivity index (χ3v) is 2.50. The molecule has 1 aromatic rings. The van der Waals surface area contributed by atoms with Crippen molar-refractivity contribution in [1.29, 1.82) is 0 Å². The smallest absolute Gasteiger partial charge is 0.120 e. The summed E-state index contributed by atoms with van der Waals surface area (Å²) in [4.78, 5) is 12.5. The van der Waals surface area contributed by atoms with Gasteiger partial charge in [0.1, 0.15) is 6.29 Å². The first-order valence-electron chi connectivity index (χ1n) is 5.30. The lowest BCUT2D eigenvalue weighted by Crippen LogP contribution is -2.10. The maximum Gasteiger partial charge on any atom is 0.120 e. The van der Waals surface area contributed by atoms with Gasteiger partial charge in [-0.1, -0.05) is 31.2 Å². The molecule has 2 nitrogen and oxygen atoms in total. The van der Waals surface area contributed by atoms with Crippen LogP contribution in [0.3, 0.4) is 0 Å². The first kappa shape index (κ1) is 11.9. The lowest BCUT2D eigenvalue weighted by atomic mass is 9.97. The van der Waals surface area contributed by atoms with E-state index in [-0.39, 0.29) is 0 Å². The number of carbonyl (C=O) groups is 1. The Balaban J connectivity index is 2.67. The Hall–Kier alpha value is -1.15. The second-order valence-corrected chi connectivity index (χ2v) is 4.28. The fraction of sp³-hybridized carbons (Fsp3) is 0.462. The molecule has 0 radical (unpaired) electrons. The van der Waals surface area contributed by atoms with E-state index in [1.54, 1.807) is 0 Å². The molecule has 0 amide bonds. The molecule has 82 valence electrons.